The summed E-state index contributed by atoms with van der Waals surface area (Å²) in [5.41, 5.74) is -0.136. The van der Waals surface area contributed by atoms with E-state index in [0.717, 1.165) is 17.7 Å². The van der Waals surface area contributed by atoms with E-state index in [9.17, 15) is 4.39 Å². The summed E-state index contributed by atoms with van der Waals surface area (Å²) in [7, 11) is 0. The van der Waals surface area contributed by atoms with Crippen molar-refractivity contribution in [3.8, 4) is 5.75 Å². The quantitative estimate of drug-likeness (QED) is 0.779. The van der Waals surface area contributed by atoms with Gasteiger partial charge in [-0.05, 0) is 0 Å². The Morgan fingerprint density at radius 1 is 1.17 bits per heavy atom. The number of fused-ring (bicyclic) bond motifs is 2. The van der Waals surface area contributed by atoms with Crippen molar-refractivity contribution in [3.63, 3.8) is 0 Å². The monoisotopic (exact) mass is 357 g/mol. The van der Waals surface area contributed by atoms with Crippen molar-refractivity contribution in [1.82, 2.24) is 4.98 Å². The topological polar surface area (TPSA) is 49.8 Å². The molecule has 5 nitrogen and oxygen atoms in total. The molecule has 132 valence electrons. The van der Waals surface area contributed by atoms with Crippen LogP contribution in [0.5, 0.6) is 5.75 Å². The second-order valence-corrected chi connectivity index (χ2v) is 7.10. The van der Waals surface area contributed by atoms with Gasteiger partial charge in [-0.25, -0.2) is 9.37 Å². The first-order valence-corrected chi connectivity index (χ1v) is 8.79. The maximum absolute atomic E-state index is 14.8. The zero-order valence-corrected chi connectivity index (χ0v) is 14.2. The van der Waals surface area contributed by atoms with Gasteiger partial charge in [-0.2, -0.15) is 0 Å². The first kappa shape index (κ1) is 16.5. The van der Waals surface area contributed by atoms with Gasteiger partial charge in [0.2, 0.25) is 0 Å². The highest BCUT2D eigenvalue weighted by atomic mass is 35.5. The molecule has 2 saturated heterocycles. The third-order valence-corrected chi connectivity index (χ3v) is 5.27. The van der Waals surface area contributed by atoms with E-state index in [-0.39, 0.29) is 6.61 Å². The first-order valence-electron chi connectivity index (χ1n) is 8.41. The Hall–Kier alpha value is -0.950. The Morgan fingerprint density at radius 2 is 1.96 bits per heavy atom. The van der Waals surface area contributed by atoms with Crippen LogP contribution in [0, 0.1) is 0 Å². The predicted molar refractivity (Wildman–Crippen MR) is 85.4 cm³/mol. The molecule has 2 fully saturated rings. The van der Waals surface area contributed by atoms with Gasteiger partial charge in [-0.3, -0.25) is 0 Å². The van der Waals surface area contributed by atoms with Gasteiger partial charge in [0.25, 0.3) is 0 Å². The number of nitrogens with zero attached hydrogens (tertiary/aromatic N) is 1. The summed E-state index contributed by atoms with van der Waals surface area (Å²) in [6.45, 7) is 2.56. The maximum atomic E-state index is 14.8. The number of alkyl halides is 1. The average molecular weight is 358 g/mol. The van der Waals surface area contributed by atoms with Crippen LogP contribution in [-0.4, -0.2) is 50.3 Å². The van der Waals surface area contributed by atoms with Crippen LogP contribution >= 0.6 is 11.6 Å². The second kappa shape index (κ2) is 6.41. The molecule has 0 N–H and O–H groups in total. The summed E-state index contributed by atoms with van der Waals surface area (Å²) in [5, 5.41) is 0.334. The van der Waals surface area contributed by atoms with E-state index >= 15 is 0 Å². The van der Waals surface area contributed by atoms with Crippen molar-refractivity contribution in [2.24, 2.45) is 0 Å². The molecule has 0 aromatic carbocycles. The molecule has 24 heavy (non-hydrogen) atoms. The molecule has 4 heterocycles. The third-order valence-electron chi connectivity index (χ3n) is 5.07. The standard InChI is InChI=1S/C17H21ClFNO4/c18-14-9-13(23-10-16(19)2-6-21-7-3-16)12-1-5-24-17(15(12)20-14)4-8-22-11-17/h9H,1-8,10-11H2. The summed E-state index contributed by atoms with van der Waals surface area (Å²) in [5.74, 6) is 0.614. The fourth-order valence-electron chi connectivity index (χ4n) is 3.62. The Balaban J connectivity index is 1.61. The summed E-state index contributed by atoms with van der Waals surface area (Å²) < 4.78 is 37.4. The molecule has 3 aliphatic heterocycles. The lowest BCUT2D eigenvalue weighted by atomic mass is 9.90. The van der Waals surface area contributed by atoms with Crippen molar-refractivity contribution in [3.05, 3.63) is 22.5 Å². The summed E-state index contributed by atoms with van der Waals surface area (Å²) in [6, 6.07) is 1.68. The molecule has 7 heteroatoms. The number of aromatic nitrogens is 1. The molecule has 0 amide bonds. The van der Waals surface area contributed by atoms with Crippen LogP contribution < -0.4 is 4.74 Å². The molecule has 3 aliphatic rings. The van der Waals surface area contributed by atoms with Gasteiger partial charge in [-0.15, -0.1) is 0 Å². The largest absolute Gasteiger partial charge is 0.490 e. The van der Waals surface area contributed by atoms with Crippen molar-refractivity contribution >= 4 is 11.6 Å². The van der Waals surface area contributed by atoms with Crippen LogP contribution in [0.25, 0.3) is 0 Å². The second-order valence-electron chi connectivity index (χ2n) is 6.72. The molecular formula is C17H21ClFNO4. The highest BCUT2D eigenvalue weighted by Crippen LogP contribution is 2.42. The highest BCUT2D eigenvalue weighted by molar-refractivity contribution is 6.29. The minimum Gasteiger partial charge on any atom is -0.490 e. The molecule has 4 rings (SSSR count). The lowest BCUT2D eigenvalue weighted by Gasteiger charge is -2.35. The molecule has 0 aliphatic carbocycles. The van der Waals surface area contributed by atoms with Gasteiger partial charge in [0.05, 0.1) is 18.9 Å². The minimum atomic E-state index is -1.35. The van der Waals surface area contributed by atoms with Gasteiger partial charge in [0, 0.05) is 57.1 Å². The van der Waals surface area contributed by atoms with Crippen LogP contribution in [0.1, 0.15) is 30.5 Å². The fourth-order valence-corrected chi connectivity index (χ4v) is 3.80. The molecule has 1 aromatic rings. The summed E-state index contributed by atoms with van der Waals surface area (Å²) >= 11 is 6.20. The van der Waals surface area contributed by atoms with Gasteiger partial charge < -0.3 is 18.9 Å². The van der Waals surface area contributed by atoms with Crippen molar-refractivity contribution in [2.45, 2.75) is 37.0 Å². The Kier molecular flexibility index (Phi) is 4.41. The van der Waals surface area contributed by atoms with Crippen LogP contribution in [0.4, 0.5) is 4.39 Å². The molecular weight excluding hydrogens is 337 g/mol. The van der Waals surface area contributed by atoms with Crippen molar-refractivity contribution in [2.75, 3.05) is 39.6 Å². The lowest BCUT2D eigenvalue weighted by molar-refractivity contribution is -0.0675. The number of ether oxygens (including phenoxy) is 4. The number of hydrogen-bond acceptors (Lipinski definition) is 5. The first-order chi connectivity index (χ1) is 11.6. The van der Waals surface area contributed by atoms with E-state index in [1.807, 2.05) is 0 Å². The van der Waals surface area contributed by atoms with Crippen LogP contribution in [0.2, 0.25) is 5.15 Å². The molecule has 1 spiro atoms. The SMILES string of the molecule is FC1(COc2cc(Cl)nc3c2CCOC32CCOC2)CCOCC1. The fraction of sp³-hybridized carbons (Fsp3) is 0.706. The van der Waals surface area contributed by atoms with Gasteiger partial charge in [0.1, 0.15) is 28.8 Å². The third kappa shape index (κ3) is 3.01. The van der Waals surface area contributed by atoms with E-state index in [1.165, 1.54) is 0 Å². The molecule has 0 radical (unpaired) electrons. The Morgan fingerprint density at radius 3 is 2.71 bits per heavy atom. The van der Waals surface area contributed by atoms with E-state index in [1.54, 1.807) is 6.07 Å². The average Bonchev–Trinajstić information content (AvgIpc) is 3.04. The number of pyridine rings is 1. The Labute approximate surface area is 145 Å². The van der Waals surface area contributed by atoms with Crippen LogP contribution in [0.3, 0.4) is 0 Å². The minimum absolute atomic E-state index is 0.00744. The number of hydrogen-bond donors (Lipinski definition) is 0. The highest BCUT2D eigenvalue weighted by Gasteiger charge is 2.44. The lowest BCUT2D eigenvalue weighted by Crippen LogP contribution is -2.39. The van der Waals surface area contributed by atoms with Crippen LogP contribution in [0.15, 0.2) is 6.07 Å². The molecule has 0 bridgehead atoms. The summed E-state index contributed by atoms with van der Waals surface area (Å²) in [4.78, 5) is 4.49. The van der Waals surface area contributed by atoms with Crippen LogP contribution in [-0.2, 0) is 26.2 Å². The molecule has 0 saturated carbocycles. The summed E-state index contributed by atoms with van der Waals surface area (Å²) in [6.07, 6.45) is 2.14. The van der Waals surface area contributed by atoms with Gasteiger partial charge >= 0.3 is 0 Å². The Bertz CT molecular complexity index is 615. The maximum Gasteiger partial charge on any atom is 0.149 e. The smallest absolute Gasteiger partial charge is 0.149 e. The zero-order chi connectivity index (χ0) is 16.6. The van der Waals surface area contributed by atoms with E-state index in [0.29, 0.717) is 63.2 Å². The predicted octanol–water partition coefficient (Wildman–Crippen LogP) is 2.82. The van der Waals surface area contributed by atoms with Gasteiger partial charge in [-0.1, -0.05) is 11.6 Å². The number of halogens is 2. The van der Waals surface area contributed by atoms with E-state index in [2.05, 4.69) is 4.98 Å². The van der Waals surface area contributed by atoms with Gasteiger partial charge in [0.15, 0.2) is 0 Å². The van der Waals surface area contributed by atoms with E-state index in [4.69, 9.17) is 30.5 Å². The zero-order valence-electron chi connectivity index (χ0n) is 13.5. The number of rotatable bonds is 3. The van der Waals surface area contributed by atoms with Crippen molar-refractivity contribution in [1.29, 1.82) is 0 Å². The molecule has 1 atom stereocenters. The van der Waals surface area contributed by atoms with E-state index < -0.39 is 11.3 Å². The van der Waals surface area contributed by atoms with Crippen molar-refractivity contribution < 1.29 is 23.3 Å². The molecule has 1 aromatic heterocycles. The normalized spacial score (nSPS) is 28.8. The molecule has 1 unspecified atom stereocenters.